The molecule has 2 saturated carbocycles. The lowest BCUT2D eigenvalue weighted by Crippen LogP contribution is -2.50. The van der Waals surface area contributed by atoms with Gasteiger partial charge in [0.2, 0.25) is 0 Å². The van der Waals surface area contributed by atoms with E-state index in [4.69, 9.17) is 0 Å². The van der Waals surface area contributed by atoms with Gasteiger partial charge in [0.05, 0.1) is 0 Å². The lowest BCUT2D eigenvalue weighted by Gasteiger charge is -2.33. The van der Waals surface area contributed by atoms with Gasteiger partial charge < -0.3 is 10.4 Å². The van der Waals surface area contributed by atoms with Gasteiger partial charge in [-0.05, 0) is 41.9 Å². The van der Waals surface area contributed by atoms with E-state index in [1.165, 1.54) is 5.56 Å². The van der Waals surface area contributed by atoms with Crippen LogP contribution in [0.4, 0.5) is 0 Å². The fraction of sp³-hybridized carbons (Fsp3) is 0.500. The predicted molar refractivity (Wildman–Crippen MR) is 111 cm³/mol. The molecule has 2 unspecified atom stereocenters. The van der Waals surface area contributed by atoms with E-state index >= 15 is 0 Å². The Kier molecular flexibility index (Phi) is 4.88. The number of aromatic nitrogens is 1. The number of carbonyl (C=O) groups excluding carboxylic acids is 1. The zero-order chi connectivity index (χ0) is 19.8. The van der Waals surface area contributed by atoms with Crippen molar-refractivity contribution in [3.05, 3.63) is 66.0 Å². The van der Waals surface area contributed by atoms with Gasteiger partial charge in [-0.1, -0.05) is 49.2 Å². The van der Waals surface area contributed by atoms with Gasteiger partial charge in [0.25, 0.3) is 5.91 Å². The van der Waals surface area contributed by atoms with E-state index in [-0.39, 0.29) is 17.9 Å². The van der Waals surface area contributed by atoms with Crippen LogP contribution in [0.3, 0.4) is 0 Å². The molecule has 2 aromatic rings. The van der Waals surface area contributed by atoms with Gasteiger partial charge in [-0.2, -0.15) is 0 Å². The highest BCUT2D eigenvalue weighted by molar-refractivity contribution is 5.87. The average molecular weight is 392 g/mol. The molecule has 29 heavy (non-hydrogen) atoms. The van der Waals surface area contributed by atoms with E-state index in [1.54, 1.807) is 6.20 Å². The molecule has 0 bridgehead atoms. The number of hydrogen-bond donors (Lipinski definition) is 2. The number of likely N-dealkylation sites (tertiary alicyclic amines) is 1. The van der Waals surface area contributed by atoms with Crippen LogP contribution in [-0.2, 0) is 16.9 Å². The third-order valence-corrected chi connectivity index (χ3v) is 7.20. The first-order valence-electron chi connectivity index (χ1n) is 10.9. The molecule has 3 aliphatic rings. The predicted octanol–water partition coefficient (Wildman–Crippen LogP) is 2.71. The normalized spacial score (nSPS) is 28.7. The highest BCUT2D eigenvalue weighted by Gasteiger charge is 2.58. The van der Waals surface area contributed by atoms with E-state index in [0.717, 1.165) is 50.9 Å². The standard InChI is InChI=1S/C24H29N3O2/c28-23(24(29,19-10-4-5-11-19)18-8-2-1-3-9-18)26-22-20-15-27(16-21(20)22)14-17-7-6-12-25-13-17/h1-3,6-9,12-13,19-22,29H,4-5,10-11,14-16H2,(H,26,28)/t20-,21+,22?,24?. The van der Waals surface area contributed by atoms with Gasteiger partial charge in [-0.3, -0.25) is 14.7 Å². The Morgan fingerprint density at radius 2 is 1.83 bits per heavy atom. The molecule has 2 N–H and O–H groups in total. The maximum Gasteiger partial charge on any atom is 0.257 e. The van der Waals surface area contributed by atoms with Crippen molar-refractivity contribution in [1.82, 2.24) is 15.2 Å². The quantitative estimate of drug-likeness (QED) is 0.795. The summed E-state index contributed by atoms with van der Waals surface area (Å²) in [5.41, 5.74) is 0.548. The Bertz CT molecular complexity index is 841. The van der Waals surface area contributed by atoms with E-state index in [0.29, 0.717) is 11.8 Å². The number of nitrogens with one attached hydrogen (secondary N) is 1. The smallest absolute Gasteiger partial charge is 0.257 e. The molecule has 5 nitrogen and oxygen atoms in total. The van der Waals surface area contributed by atoms with Crippen LogP contribution in [0.5, 0.6) is 0 Å². The highest BCUT2D eigenvalue weighted by Crippen LogP contribution is 2.47. The Morgan fingerprint density at radius 1 is 1.10 bits per heavy atom. The average Bonchev–Trinajstić information content (AvgIpc) is 3.18. The number of carbonyl (C=O) groups is 1. The molecule has 1 saturated heterocycles. The minimum Gasteiger partial charge on any atom is -0.375 e. The molecule has 5 heteroatoms. The van der Waals surface area contributed by atoms with Crippen molar-refractivity contribution in [3.63, 3.8) is 0 Å². The van der Waals surface area contributed by atoms with Crippen LogP contribution in [0.2, 0.25) is 0 Å². The first kappa shape index (κ1) is 18.8. The van der Waals surface area contributed by atoms with Crippen molar-refractivity contribution < 1.29 is 9.90 Å². The lowest BCUT2D eigenvalue weighted by atomic mass is 9.79. The number of hydrogen-bond acceptors (Lipinski definition) is 4. The number of aliphatic hydroxyl groups is 1. The van der Waals surface area contributed by atoms with Gasteiger partial charge in [-0.15, -0.1) is 0 Å². The summed E-state index contributed by atoms with van der Waals surface area (Å²) < 4.78 is 0. The van der Waals surface area contributed by atoms with Crippen LogP contribution in [0.15, 0.2) is 54.9 Å². The van der Waals surface area contributed by atoms with Gasteiger partial charge in [0.15, 0.2) is 5.60 Å². The molecule has 0 spiro atoms. The number of fused-ring (bicyclic) bond motifs is 1. The maximum atomic E-state index is 13.3. The summed E-state index contributed by atoms with van der Waals surface area (Å²) in [5.74, 6) is 0.804. The number of piperidine rings is 1. The molecule has 0 radical (unpaired) electrons. The van der Waals surface area contributed by atoms with E-state index < -0.39 is 5.60 Å². The van der Waals surface area contributed by atoms with E-state index in [2.05, 4.69) is 21.3 Å². The largest absolute Gasteiger partial charge is 0.375 e. The van der Waals surface area contributed by atoms with E-state index in [9.17, 15) is 9.90 Å². The maximum absolute atomic E-state index is 13.3. The molecule has 2 heterocycles. The fourth-order valence-corrected chi connectivity index (χ4v) is 5.56. The second kappa shape index (κ2) is 7.54. The molecular weight excluding hydrogens is 362 g/mol. The van der Waals surface area contributed by atoms with Gasteiger partial charge in [0, 0.05) is 44.0 Å². The number of pyridine rings is 1. The highest BCUT2D eigenvalue weighted by atomic mass is 16.3. The minimum absolute atomic E-state index is 0.00516. The van der Waals surface area contributed by atoms with Crippen molar-refractivity contribution in [3.8, 4) is 0 Å². The molecule has 152 valence electrons. The first-order valence-corrected chi connectivity index (χ1v) is 10.9. The Balaban J connectivity index is 1.24. The van der Waals surface area contributed by atoms with Gasteiger partial charge in [-0.25, -0.2) is 0 Å². The molecule has 5 rings (SSSR count). The number of nitrogens with zero attached hydrogens (tertiary/aromatic N) is 2. The Morgan fingerprint density at radius 3 is 2.48 bits per heavy atom. The number of benzene rings is 1. The number of rotatable bonds is 6. The van der Waals surface area contributed by atoms with Crippen LogP contribution in [0, 0.1) is 17.8 Å². The Hall–Kier alpha value is -2.24. The summed E-state index contributed by atoms with van der Waals surface area (Å²) in [5, 5.41) is 14.8. The minimum atomic E-state index is -1.41. The van der Waals surface area contributed by atoms with Crippen LogP contribution >= 0.6 is 0 Å². The zero-order valence-electron chi connectivity index (χ0n) is 16.7. The molecule has 1 aliphatic heterocycles. The molecule has 1 aromatic carbocycles. The Labute approximate surface area is 172 Å². The van der Waals surface area contributed by atoms with Crippen molar-refractivity contribution in [1.29, 1.82) is 0 Å². The summed E-state index contributed by atoms with van der Waals surface area (Å²) >= 11 is 0. The third-order valence-electron chi connectivity index (χ3n) is 7.20. The summed E-state index contributed by atoms with van der Waals surface area (Å²) in [6.07, 6.45) is 7.72. The van der Waals surface area contributed by atoms with Crippen molar-refractivity contribution >= 4 is 5.91 Å². The second-order valence-electron chi connectivity index (χ2n) is 9.00. The van der Waals surface area contributed by atoms with Crippen molar-refractivity contribution in [2.75, 3.05) is 13.1 Å². The summed E-state index contributed by atoms with van der Waals surface area (Å²) in [6, 6.07) is 13.8. The van der Waals surface area contributed by atoms with Crippen LogP contribution in [0.25, 0.3) is 0 Å². The monoisotopic (exact) mass is 391 g/mol. The topological polar surface area (TPSA) is 65.5 Å². The SMILES string of the molecule is O=C(NC1[C@H]2CN(Cc3cccnc3)C[C@@H]12)C(O)(c1ccccc1)C1CCCC1. The zero-order valence-corrected chi connectivity index (χ0v) is 16.7. The molecule has 3 fully saturated rings. The molecule has 2 aliphatic carbocycles. The summed E-state index contributed by atoms with van der Waals surface area (Å²) in [7, 11) is 0. The van der Waals surface area contributed by atoms with Crippen molar-refractivity contribution in [2.45, 2.75) is 43.9 Å². The van der Waals surface area contributed by atoms with Crippen molar-refractivity contribution in [2.24, 2.45) is 17.8 Å². The summed E-state index contributed by atoms with van der Waals surface area (Å²) in [4.78, 5) is 20.0. The molecular formula is C24H29N3O2. The van der Waals surface area contributed by atoms with Crippen LogP contribution in [0.1, 0.15) is 36.8 Å². The van der Waals surface area contributed by atoms with Gasteiger partial charge in [0.1, 0.15) is 0 Å². The third kappa shape index (κ3) is 3.47. The fourth-order valence-electron chi connectivity index (χ4n) is 5.56. The molecule has 1 amide bonds. The second-order valence-corrected chi connectivity index (χ2v) is 9.00. The molecule has 1 aromatic heterocycles. The van der Waals surface area contributed by atoms with E-state index in [1.807, 2.05) is 42.6 Å². The first-order chi connectivity index (χ1) is 14.2. The summed E-state index contributed by atoms with van der Waals surface area (Å²) in [6.45, 7) is 2.91. The van der Waals surface area contributed by atoms with Gasteiger partial charge >= 0.3 is 0 Å². The lowest BCUT2D eigenvalue weighted by molar-refractivity contribution is -0.147. The number of amides is 1. The van der Waals surface area contributed by atoms with Crippen LogP contribution in [-0.4, -0.2) is 40.0 Å². The molecule has 4 atom stereocenters. The van der Waals surface area contributed by atoms with Crippen LogP contribution < -0.4 is 5.32 Å².